The maximum absolute atomic E-state index is 11.2. The summed E-state index contributed by atoms with van der Waals surface area (Å²) < 4.78 is 4.95. The highest BCUT2D eigenvalue weighted by atomic mass is 32.2. The third kappa shape index (κ3) is 8.57. The lowest BCUT2D eigenvalue weighted by Crippen LogP contribution is -2.38. The lowest BCUT2D eigenvalue weighted by molar-refractivity contribution is 0.123. The molecule has 0 spiro atoms. The zero-order valence-corrected chi connectivity index (χ0v) is 10.5. The second-order valence-corrected chi connectivity index (χ2v) is 4.78. The number of aliphatic hydroxyl groups is 1. The Morgan fingerprint density at radius 3 is 2.67 bits per heavy atom. The molecule has 0 aliphatic carbocycles. The Kier molecular flexibility index (Phi) is 8.61. The number of carbonyl (C=O) groups is 1. The van der Waals surface area contributed by atoms with Gasteiger partial charge in [0, 0.05) is 0 Å². The predicted molar refractivity (Wildman–Crippen MR) is 63.2 cm³/mol. The van der Waals surface area contributed by atoms with E-state index in [4.69, 9.17) is 9.84 Å². The van der Waals surface area contributed by atoms with Crippen molar-refractivity contribution in [1.29, 1.82) is 0 Å². The molecule has 5 heteroatoms. The number of hydrogen-bond donors (Lipinski definition) is 2. The molecule has 0 fully saturated rings. The Balaban J connectivity index is 3.70. The predicted octanol–water partition coefficient (Wildman–Crippen LogP) is 1.48. The van der Waals surface area contributed by atoms with Crippen LogP contribution in [0.15, 0.2) is 0 Å². The molecule has 15 heavy (non-hydrogen) atoms. The van der Waals surface area contributed by atoms with Crippen LogP contribution in [0.4, 0.5) is 4.79 Å². The van der Waals surface area contributed by atoms with E-state index in [1.807, 2.05) is 20.1 Å². The number of rotatable bonds is 7. The van der Waals surface area contributed by atoms with Crippen LogP contribution in [0, 0.1) is 5.92 Å². The van der Waals surface area contributed by atoms with Crippen molar-refractivity contribution in [1.82, 2.24) is 5.32 Å². The summed E-state index contributed by atoms with van der Waals surface area (Å²) in [4.78, 5) is 11.2. The minimum absolute atomic E-state index is 0.0443. The Morgan fingerprint density at radius 1 is 1.53 bits per heavy atom. The lowest BCUT2D eigenvalue weighted by atomic mass is 10.2. The van der Waals surface area contributed by atoms with Crippen molar-refractivity contribution in [2.45, 2.75) is 26.3 Å². The molecule has 0 saturated heterocycles. The van der Waals surface area contributed by atoms with E-state index in [2.05, 4.69) is 5.32 Å². The van der Waals surface area contributed by atoms with Crippen LogP contribution in [0.3, 0.4) is 0 Å². The first kappa shape index (κ1) is 14.6. The highest BCUT2D eigenvalue weighted by Crippen LogP contribution is 2.01. The Morgan fingerprint density at radius 2 is 2.20 bits per heavy atom. The van der Waals surface area contributed by atoms with Gasteiger partial charge < -0.3 is 15.2 Å². The van der Waals surface area contributed by atoms with E-state index in [9.17, 15) is 4.79 Å². The molecule has 1 unspecified atom stereocenters. The van der Waals surface area contributed by atoms with E-state index in [-0.39, 0.29) is 12.6 Å². The first-order valence-electron chi connectivity index (χ1n) is 5.13. The number of alkyl carbamates (subject to hydrolysis) is 1. The fourth-order valence-corrected chi connectivity index (χ4v) is 1.44. The fourth-order valence-electron chi connectivity index (χ4n) is 0.920. The molecule has 0 rings (SSSR count). The molecule has 0 aliphatic heterocycles. The summed E-state index contributed by atoms with van der Waals surface area (Å²) in [6.45, 7) is 4.32. The summed E-state index contributed by atoms with van der Waals surface area (Å²) >= 11 is 1.69. The first-order chi connectivity index (χ1) is 7.10. The van der Waals surface area contributed by atoms with Crippen molar-refractivity contribution in [2.75, 3.05) is 25.2 Å². The second-order valence-electron chi connectivity index (χ2n) is 3.80. The third-order valence-electron chi connectivity index (χ3n) is 1.76. The molecule has 0 saturated carbocycles. The summed E-state index contributed by atoms with van der Waals surface area (Å²) in [6, 6.07) is -0.197. The van der Waals surface area contributed by atoms with Crippen molar-refractivity contribution in [3.8, 4) is 0 Å². The fraction of sp³-hybridized carbons (Fsp3) is 0.900. The molecule has 0 heterocycles. The molecule has 90 valence electrons. The van der Waals surface area contributed by atoms with Crippen LogP contribution in [0.5, 0.6) is 0 Å². The van der Waals surface area contributed by atoms with Gasteiger partial charge in [-0.2, -0.15) is 11.8 Å². The van der Waals surface area contributed by atoms with E-state index in [0.29, 0.717) is 12.5 Å². The van der Waals surface area contributed by atoms with Crippen molar-refractivity contribution in [2.24, 2.45) is 5.92 Å². The monoisotopic (exact) mass is 235 g/mol. The Hall–Kier alpha value is -0.420. The van der Waals surface area contributed by atoms with E-state index < -0.39 is 6.09 Å². The molecule has 0 aromatic heterocycles. The summed E-state index contributed by atoms with van der Waals surface area (Å²) in [7, 11) is 0. The number of amides is 1. The maximum atomic E-state index is 11.2. The summed E-state index contributed by atoms with van der Waals surface area (Å²) in [5.41, 5.74) is 0. The van der Waals surface area contributed by atoms with Crippen LogP contribution in [0.2, 0.25) is 0 Å². The first-order valence-corrected chi connectivity index (χ1v) is 6.52. The molecule has 2 N–H and O–H groups in total. The van der Waals surface area contributed by atoms with E-state index >= 15 is 0 Å². The van der Waals surface area contributed by atoms with Crippen LogP contribution in [-0.2, 0) is 4.74 Å². The molecule has 0 aromatic rings. The van der Waals surface area contributed by atoms with Gasteiger partial charge in [-0.3, -0.25) is 0 Å². The highest BCUT2D eigenvalue weighted by molar-refractivity contribution is 7.98. The van der Waals surface area contributed by atoms with Crippen LogP contribution in [-0.4, -0.2) is 42.5 Å². The molecule has 0 bridgehead atoms. The van der Waals surface area contributed by atoms with Crippen LogP contribution < -0.4 is 5.32 Å². The van der Waals surface area contributed by atoms with E-state index in [0.717, 1.165) is 12.2 Å². The minimum atomic E-state index is -0.441. The number of aliphatic hydroxyl groups excluding tert-OH is 1. The molecule has 1 atom stereocenters. The van der Waals surface area contributed by atoms with Gasteiger partial charge in [-0.05, 0) is 24.3 Å². The molecule has 1 amide bonds. The van der Waals surface area contributed by atoms with Gasteiger partial charge in [0.05, 0.1) is 19.3 Å². The van der Waals surface area contributed by atoms with Crippen LogP contribution >= 0.6 is 11.8 Å². The summed E-state index contributed by atoms with van der Waals surface area (Å²) in [5.74, 6) is 1.24. The van der Waals surface area contributed by atoms with Gasteiger partial charge in [0.15, 0.2) is 0 Å². The normalized spacial score (nSPS) is 12.6. The van der Waals surface area contributed by atoms with Gasteiger partial charge in [0.25, 0.3) is 0 Å². The highest BCUT2D eigenvalue weighted by Gasteiger charge is 2.11. The molecule has 0 radical (unpaired) electrons. The Labute approximate surface area is 95.8 Å². The lowest BCUT2D eigenvalue weighted by Gasteiger charge is -2.16. The largest absolute Gasteiger partial charge is 0.449 e. The molecule has 0 aromatic carbocycles. The van der Waals surface area contributed by atoms with Gasteiger partial charge >= 0.3 is 6.09 Å². The standard InChI is InChI=1S/C10H21NO3S/c1-8(2)7-14-10(13)11-9(6-12)4-5-15-3/h8-9,12H,4-7H2,1-3H3,(H,11,13). The maximum Gasteiger partial charge on any atom is 0.407 e. The van der Waals surface area contributed by atoms with E-state index in [1.165, 1.54) is 0 Å². The van der Waals surface area contributed by atoms with E-state index in [1.54, 1.807) is 11.8 Å². The van der Waals surface area contributed by atoms with Crippen molar-refractivity contribution < 1.29 is 14.6 Å². The van der Waals surface area contributed by atoms with Gasteiger partial charge in [-0.25, -0.2) is 4.79 Å². The number of ether oxygens (including phenoxy) is 1. The van der Waals surface area contributed by atoms with Crippen molar-refractivity contribution in [3.63, 3.8) is 0 Å². The summed E-state index contributed by atoms with van der Waals surface area (Å²) in [6.07, 6.45) is 2.31. The quantitative estimate of drug-likeness (QED) is 0.702. The number of carbonyl (C=O) groups excluding carboxylic acids is 1. The van der Waals surface area contributed by atoms with Gasteiger partial charge in [-0.1, -0.05) is 13.8 Å². The number of hydrogen-bond acceptors (Lipinski definition) is 4. The number of thioether (sulfide) groups is 1. The summed E-state index contributed by atoms with van der Waals surface area (Å²) in [5, 5.41) is 11.6. The van der Waals surface area contributed by atoms with Gasteiger partial charge in [-0.15, -0.1) is 0 Å². The molecular formula is C10H21NO3S. The zero-order valence-electron chi connectivity index (χ0n) is 9.66. The second kappa shape index (κ2) is 8.85. The SMILES string of the molecule is CSCCC(CO)NC(=O)OCC(C)C. The number of nitrogens with one attached hydrogen (secondary N) is 1. The Bertz CT molecular complexity index is 176. The molecular weight excluding hydrogens is 214 g/mol. The topological polar surface area (TPSA) is 58.6 Å². The molecule has 0 aliphatic rings. The van der Waals surface area contributed by atoms with Gasteiger partial charge in [0.2, 0.25) is 0 Å². The average molecular weight is 235 g/mol. The third-order valence-corrected chi connectivity index (χ3v) is 2.40. The van der Waals surface area contributed by atoms with Crippen LogP contribution in [0.1, 0.15) is 20.3 Å². The molecule has 4 nitrogen and oxygen atoms in total. The average Bonchev–Trinajstić information content (AvgIpc) is 2.21. The van der Waals surface area contributed by atoms with Gasteiger partial charge in [0.1, 0.15) is 0 Å². The van der Waals surface area contributed by atoms with Crippen molar-refractivity contribution >= 4 is 17.9 Å². The smallest absolute Gasteiger partial charge is 0.407 e. The van der Waals surface area contributed by atoms with Crippen LogP contribution in [0.25, 0.3) is 0 Å². The minimum Gasteiger partial charge on any atom is -0.449 e. The zero-order chi connectivity index (χ0) is 11.7. The van der Waals surface area contributed by atoms with Crippen molar-refractivity contribution in [3.05, 3.63) is 0 Å².